The van der Waals surface area contributed by atoms with Crippen molar-refractivity contribution in [3.63, 3.8) is 0 Å². The molecular weight excluding hydrogens is 574 g/mol. The highest BCUT2D eigenvalue weighted by molar-refractivity contribution is 6.12. The Hall–Kier alpha value is -6.13. The molecule has 47 heavy (non-hydrogen) atoms. The molecular formula is C43H29N3O. The van der Waals surface area contributed by atoms with Gasteiger partial charge >= 0.3 is 0 Å². The minimum Gasteiger partial charge on any atom is -0.456 e. The lowest BCUT2D eigenvalue weighted by atomic mass is 10.00. The van der Waals surface area contributed by atoms with E-state index in [0.717, 1.165) is 68.2 Å². The maximum absolute atomic E-state index is 6.43. The number of furan rings is 1. The van der Waals surface area contributed by atoms with Crippen molar-refractivity contribution in [2.75, 3.05) is 0 Å². The number of fused-ring (bicyclic) bond motifs is 4. The molecule has 4 nitrogen and oxygen atoms in total. The molecule has 0 saturated heterocycles. The van der Waals surface area contributed by atoms with Crippen molar-refractivity contribution in [3.8, 4) is 45.0 Å². The first kappa shape index (κ1) is 27.2. The third-order valence-corrected chi connectivity index (χ3v) is 8.96. The van der Waals surface area contributed by atoms with Crippen LogP contribution in [0, 0.1) is 0 Å². The molecule has 1 aliphatic carbocycles. The highest BCUT2D eigenvalue weighted by Crippen LogP contribution is 2.38. The summed E-state index contributed by atoms with van der Waals surface area (Å²) in [7, 11) is 0. The van der Waals surface area contributed by atoms with Gasteiger partial charge in [0, 0.05) is 27.5 Å². The van der Waals surface area contributed by atoms with Gasteiger partial charge in [-0.15, -0.1) is 0 Å². The Kier molecular flexibility index (Phi) is 6.57. The SMILES string of the molecule is C1=CC(c2nc(-c3ccc(-c4ccc5ccccc5c4)cc3)nc(-c3cccc4oc5cc(-c6ccccc6)ccc5c34)n2)=CCC1. The molecule has 0 atom stereocenters. The summed E-state index contributed by atoms with van der Waals surface area (Å²) in [6, 6.07) is 46.5. The van der Waals surface area contributed by atoms with E-state index in [1.54, 1.807) is 0 Å². The van der Waals surface area contributed by atoms with Crippen molar-refractivity contribution >= 4 is 38.3 Å². The van der Waals surface area contributed by atoms with Crippen LogP contribution in [0.3, 0.4) is 0 Å². The second-order valence-electron chi connectivity index (χ2n) is 11.9. The van der Waals surface area contributed by atoms with Gasteiger partial charge in [-0.3, -0.25) is 0 Å². The Balaban J connectivity index is 1.17. The van der Waals surface area contributed by atoms with E-state index in [4.69, 9.17) is 19.4 Å². The van der Waals surface area contributed by atoms with E-state index in [9.17, 15) is 0 Å². The zero-order chi connectivity index (χ0) is 31.2. The predicted octanol–water partition coefficient (Wildman–Crippen LogP) is 11.3. The number of nitrogens with zero attached hydrogens (tertiary/aromatic N) is 3. The van der Waals surface area contributed by atoms with Crippen LogP contribution in [0.4, 0.5) is 0 Å². The molecule has 222 valence electrons. The van der Waals surface area contributed by atoms with Gasteiger partial charge in [0.1, 0.15) is 11.2 Å². The summed E-state index contributed by atoms with van der Waals surface area (Å²) in [4.78, 5) is 15.2. The van der Waals surface area contributed by atoms with Crippen LogP contribution in [0.25, 0.3) is 83.3 Å². The fourth-order valence-electron chi connectivity index (χ4n) is 6.54. The Bertz CT molecular complexity index is 2510. The molecule has 8 aromatic rings. The Morgan fingerprint density at radius 2 is 1.17 bits per heavy atom. The minimum absolute atomic E-state index is 0.629. The first-order valence-electron chi connectivity index (χ1n) is 16.0. The highest BCUT2D eigenvalue weighted by atomic mass is 16.3. The molecule has 0 aliphatic heterocycles. The first-order chi connectivity index (χ1) is 23.3. The molecule has 0 fully saturated rings. The molecule has 0 unspecified atom stereocenters. The average Bonchev–Trinajstić information content (AvgIpc) is 3.53. The van der Waals surface area contributed by atoms with E-state index < -0.39 is 0 Å². The average molecular weight is 604 g/mol. The summed E-state index contributed by atoms with van der Waals surface area (Å²) in [5.41, 5.74) is 9.13. The highest BCUT2D eigenvalue weighted by Gasteiger charge is 2.19. The van der Waals surface area contributed by atoms with Crippen molar-refractivity contribution in [1.82, 2.24) is 15.0 Å². The van der Waals surface area contributed by atoms with E-state index in [-0.39, 0.29) is 0 Å². The molecule has 0 amide bonds. The molecule has 0 spiro atoms. The lowest BCUT2D eigenvalue weighted by molar-refractivity contribution is 0.669. The van der Waals surface area contributed by atoms with E-state index in [0.29, 0.717) is 17.5 Å². The third-order valence-electron chi connectivity index (χ3n) is 8.96. The van der Waals surface area contributed by atoms with Crippen molar-refractivity contribution in [3.05, 3.63) is 158 Å². The Morgan fingerprint density at radius 1 is 0.468 bits per heavy atom. The first-order valence-corrected chi connectivity index (χ1v) is 16.0. The molecule has 4 heteroatoms. The molecule has 2 heterocycles. The number of rotatable bonds is 5. The van der Waals surface area contributed by atoms with Crippen molar-refractivity contribution < 1.29 is 4.42 Å². The molecule has 0 N–H and O–H groups in total. The molecule has 6 aromatic carbocycles. The van der Waals surface area contributed by atoms with Gasteiger partial charge in [-0.2, -0.15) is 0 Å². The van der Waals surface area contributed by atoms with Gasteiger partial charge in [0.2, 0.25) is 0 Å². The van der Waals surface area contributed by atoms with Crippen molar-refractivity contribution in [2.24, 2.45) is 0 Å². The summed E-state index contributed by atoms with van der Waals surface area (Å²) in [6.07, 6.45) is 8.51. The Morgan fingerprint density at radius 3 is 2.02 bits per heavy atom. The molecule has 1 aliphatic rings. The predicted molar refractivity (Wildman–Crippen MR) is 193 cm³/mol. The van der Waals surface area contributed by atoms with Crippen molar-refractivity contribution in [1.29, 1.82) is 0 Å². The van der Waals surface area contributed by atoms with Crippen LogP contribution in [0.5, 0.6) is 0 Å². The maximum atomic E-state index is 6.43. The number of aromatic nitrogens is 3. The van der Waals surface area contributed by atoms with Gasteiger partial charge in [-0.1, -0.05) is 127 Å². The van der Waals surface area contributed by atoms with Gasteiger partial charge in [0.15, 0.2) is 17.5 Å². The van der Waals surface area contributed by atoms with Gasteiger partial charge in [-0.05, 0) is 70.1 Å². The summed E-state index contributed by atoms with van der Waals surface area (Å²) < 4.78 is 6.43. The summed E-state index contributed by atoms with van der Waals surface area (Å²) in [5.74, 6) is 1.95. The number of allylic oxidation sites excluding steroid dienone is 4. The summed E-state index contributed by atoms with van der Waals surface area (Å²) in [5, 5.41) is 4.51. The van der Waals surface area contributed by atoms with E-state index in [1.807, 2.05) is 18.2 Å². The van der Waals surface area contributed by atoms with Crippen LogP contribution in [-0.2, 0) is 0 Å². The zero-order valence-corrected chi connectivity index (χ0v) is 25.6. The lowest BCUT2D eigenvalue weighted by Crippen LogP contribution is -2.03. The quantitative estimate of drug-likeness (QED) is 0.196. The second kappa shape index (κ2) is 11.3. The number of hydrogen-bond donors (Lipinski definition) is 0. The maximum Gasteiger partial charge on any atom is 0.164 e. The van der Waals surface area contributed by atoms with Gasteiger partial charge in [0.05, 0.1) is 0 Å². The summed E-state index contributed by atoms with van der Waals surface area (Å²) in [6.45, 7) is 0. The number of benzene rings is 6. The largest absolute Gasteiger partial charge is 0.456 e. The second-order valence-corrected chi connectivity index (χ2v) is 11.9. The van der Waals surface area contributed by atoms with E-state index >= 15 is 0 Å². The lowest BCUT2D eigenvalue weighted by Gasteiger charge is -2.11. The summed E-state index contributed by atoms with van der Waals surface area (Å²) >= 11 is 0. The van der Waals surface area contributed by atoms with Crippen LogP contribution in [-0.4, -0.2) is 15.0 Å². The Labute approximate surface area is 272 Å². The fourth-order valence-corrected chi connectivity index (χ4v) is 6.54. The smallest absolute Gasteiger partial charge is 0.164 e. The van der Waals surface area contributed by atoms with Gasteiger partial charge in [-0.25, -0.2) is 15.0 Å². The van der Waals surface area contributed by atoms with Crippen molar-refractivity contribution in [2.45, 2.75) is 12.8 Å². The minimum atomic E-state index is 0.629. The molecule has 0 bridgehead atoms. The molecule has 2 aromatic heterocycles. The molecule has 0 saturated carbocycles. The van der Waals surface area contributed by atoms with Crippen LogP contribution < -0.4 is 0 Å². The molecule has 0 radical (unpaired) electrons. The van der Waals surface area contributed by atoms with E-state index in [1.165, 1.54) is 16.3 Å². The normalized spacial score (nSPS) is 13.0. The van der Waals surface area contributed by atoms with Crippen LogP contribution >= 0.6 is 0 Å². The topological polar surface area (TPSA) is 51.8 Å². The van der Waals surface area contributed by atoms with Crippen LogP contribution in [0.15, 0.2) is 156 Å². The van der Waals surface area contributed by atoms with Crippen LogP contribution in [0.1, 0.15) is 18.7 Å². The zero-order valence-electron chi connectivity index (χ0n) is 25.6. The monoisotopic (exact) mass is 603 g/mol. The molecule has 9 rings (SSSR count). The standard InChI is InChI=1S/C43H29N3O/c1-3-10-28(11-4-1)35-24-25-36-39(27-35)47-38-17-9-16-37(40(36)38)43-45-41(31-13-5-2-6-14-31)44-42(46-43)32-21-18-30(19-22-32)34-23-20-29-12-7-8-15-33(29)26-34/h1,3-5,7-27H,2,6H2. The number of hydrogen-bond acceptors (Lipinski definition) is 4. The fraction of sp³-hybridized carbons (Fsp3) is 0.0465. The van der Waals surface area contributed by atoms with E-state index in [2.05, 4.69) is 133 Å². The third kappa shape index (κ3) is 5.01. The van der Waals surface area contributed by atoms with Gasteiger partial charge in [0.25, 0.3) is 0 Å². The van der Waals surface area contributed by atoms with Gasteiger partial charge < -0.3 is 4.42 Å². The van der Waals surface area contributed by atoms with Crippen LogP contribution in [0.2, 0.25) is 0 Å².